The molecule has 0 aliphatic carbocycles. The van der Waals surface area contributed by atoms with Crippen LogP contribution in [0.3, 0.4) is 0 Å². The largest absolute Gasteiger partial charge is 0.352 e. The minimum atomic E-state index is -0.728. The first-order chi connectivity index (χ1) is 10.9. The van der Waals surface area contributed by atoms with Crippen LogP contribution in [0.4, 0.5) is 8.78 Å². The molecular formula is C18H26F2N2O. The third-order valence-corrected chi connectivity index (χ3v) is 4.41. The van der Waals surface area contributed by atoms with E-state index in [0.717, 1.165) is 56.6 Å². The first kappa shape index (κ1) is 17.9. The molecule has 0 spiro atoms. The van der Waals surface area contributed by atoms with Crippen molar-refractivity contribution in [3.05, 3.63) is 35.4 Å². The monoisotopic (exact) mass is 324 g/mol. The first-order valence-electron chi connectivity index (χ1n) is 8.40. The molecule has 0 saturated carbocycles. The van der Waals surface area contributed by atoms with E-state index in [-0.39, 0.29) is 5.56 Å². The molecule has 1 aromatic carbocycles. The molecular weight excluding hydrogens is 298 g/mol. The predicted octanol–water partition coefficient (Wildman–Crippen LogP) is 3.45. The number of benzene rings is 1. The highest BCUT2D eigenvalue weighted by Crippen LogP contribution is 2.17. The standard InChI is InChI=1S/C18H26F2N2O/c1-13(2)3-6-22-7-4-14(5-8-22)12-21-18(23)15-9-16(19)11-17(20)10-15/h9-11,13-14H,3-8,12H2,1-2H3,(H,21,23). The lowest BCUT2D eigenvalue weighted by atomic mass is 9.96. The molecule has 1 fully saturated rings. The van der Waals surface area contributed by atoms with Gasteiger partial charge < -0.3 is 10.2 Å². The number of amides is 1. The van der Waals surface area contributed by atoms with E-state index in [2.05, 4.69) is 24.1 Å². The van der Waals surface area contributed by atoms with Crippen LogP contribution in [0, 0.1) is 23.5 Å². The summed E-state index contributed by atoms with van der Waals surface area (Å²) in [7, 11) is 0. The Morgan fingerprint density at radius 3 is 2.39 bits per heavy atom. The summed E-state index contributed by atoms with van der Waals surface area (Å²) in [5, 5.41) is 2.80. The maximum atomic E-state index is 13.1. The molecule has 1 aliphatic heterocycles. The summed E-state index contributed by atoms with van der Waals surface area (Å²) >= 11 is 0. The molecule has 0 unspecified atom stereocenters. The maximum Gasteiger partial charge on any atom is 0.251 e. The van der Waals surface area contributed by atoms with Crippen molar-refractivity contribution in [3.8, 4) is 0 Å². The third kappa shape index (κ3) is 5.90. The van der Waals surface area contributed by atoms with E-state index < -0.39 is 17.5 Å². The lowest BCUT2D eigenvalue weighted by Crippen LogP contribution is -2.39. The molecule has 1 amide bonds. The van der Waals surface area contributed by atoms with Gasteiger partial charge in [0.05, 0.1) is 0 Å². The van der Waals surface area contributed by atoms with Gasteiger partial charge in [0.2, 0.25) is 0 Å². The molecule has 1 aliphatic rings. The second-order valence-corrected chi connectivity index (χ2v) is 6.84. The van der Waals surface area contributed by atoms with Gasteiger partial charge in [0.1, 0.15) is 11.6 Å². The second kappa shape index (κ2) is 8.39. The summed E-state index contributed by atoms with van der Waals surface area (Å²) in [5.41, 5.74) is 0.0388. The summed E-state index contributed by atoms with van der Waals surface area (Å²) in [6.45, 7) is 8.28. The van der Waals surface area contributed by atoms with Gasteiger partial charge in [-0.25, -0.2) is 8.78 Å². The fourth-order valence-electron chi connectivity index (χ4n) is 2.88. The number of hydrogen-bond acceptors (Lipinski definition) is 2. The zero-order chi connectivity index (χ0) is 16.8. The van der Waals surface area contributed by atoms with Crippen molar-refractivity contribution in [1.82, 2.24) is 10.2 Å². The van der Waals surface area contributed by atoms with Gasteiger partial charge in [0.15, 0.2) is 0 Å². The summed E-state index contributed by atoms with van der Waals surface area (Å²) in [6.07, 6.45) is 3.32. The molecule has 1 saturated heterocycles. The predicted molar refractivity (Wildman–Crippen MR) is 87.3 cm³/mol. The number of carbonyl (C=O) groups is 1. The quantitative estimate of drug-likeness (QED) is 0.869. The first-order valence-corrected chi connectivity index (χ1v) is 8.40. The molecule has 0 bridgehead atoms. The van der Waals surface area contributed by atoms with Gasteiger partial charge in [-0.2, -0.15) is 0 Å². The maximum absolute atomic E-state index is 13.1. The fraction of sp³-hybridized carbons (Fsp3) is 0.611. The zero-order valence-electron chi connectivity index (χ0n) is 13.9. The summed E-state index contributed by atoms with van der Waals surface area (Å²) in [5.74, 6) is -0.709. The lowest BCUT2D eigenvalue weighted by Gasteiger charge is -2.32. The van der Waals surface area contributed by atoms with E-state index in [0.29, 0.717) is 12.5 Å². The Hall–Kier alpha value is -1.49. The van der Waals surface area contributed by atoms with E-state index in [9.17, 15) is 13.6 Å². The second-order valence-electron chi connectivity index (χ2n) is 6.84. The van der Waals surface area contributed by atoms with Gasteiger partial charge >= 0.3 is 0 Å². The van der Waals surface area contributed by atoms with Gasteiger partial charge in [-0.3, -0.25) is 4.79 Å². The summed E-state index contributed by atoms with van der Waals surface area (Å²) < 4.78 is 26.3. The Morgan fingerprint density at radius 1 is 1.22 bits per heavy atom. The number of rotatable bonds is 6. The van der Waals surface area contributed by atoms with E-state index >= 15 is 0 Å². The number of likely N-dealkylation sites (tertiary alicyclic amines) is 1. The van der Waals surface area contributed by atoms with Crippen molar-refractivity contribution in [1.29, 1.82) is 0 Å². The highest BCUT2D eigenvalue weighted by Gasteiger charge is 2.20. The van der Waals surface area contributed by atoms with Crippen molar-refractivity contribution >= 4 is 5.91 Å². The van der Waals surface area contributed by atoms with Crippen LogP contribution >= 0.6 is 0 Å². The van der Waals surface area contributed by atoms with Gasteiger partial charge in [-0.1, -0.05) is 13.8 Å². The van der Waals surface area contributed by atoms with Crippen LogP contribution < -0.4 is 5.32 Å². The molecule has 0 radical (unpaired) electrons. The van der Waals surface area contributed by atoms with Crippen LogP contribution in [0.25, 0.3) is 0 Å². The fourth-order valence-corrected chi connectivity index (χ4v) is 2.88. The van der Waals surface area contributed by atoms with Crippen molar-refractivity contribution < 1.29 is 13.6 Å². The van der Waals surface area contributed by atoms with Crippen LogP contribution in [0.2, 0.25) is 0 Å². The minimum Gasteiger partial charge on any atom is -0.352 e. The number of piperidine rings is 1. The van der Waals surface area contributed by atoms with Gasteiger partial charge in [-0.05, 0) is 62.9 Å². The van der Waals surface area contributed by atoms with E-state index in [1.54, 1.807) is 0 Å². The highest BCUT2D eigenvalue weighted by molar-refractivity contribution is 5.94. The minimum absolute atomic E-state index is 0.0388. The summed E-state index contributed by atoms with van der Waals surface area (Å²) in [6, 6.07) is 2.89. The Bertz CT molecular complexity index is 506. The van der Waals surface area contributed by atoms with Gasteiger partial charge in [0.25, 0.3) is 5.91 Å². The topological polar surface area (TPSA) is 32.3 Å². The Labute approximate surface area is 137 Å². The van der Waals surface area contributed by atoms with E-state index in [4.69, 9.17) is 0 Å². The van der Waals surface area contributed by atoms with Gasteiger partial charge in [-0.15, -0.1) is 0 Å². The Morgan fingerprint density at radius 2 is 1.83 bits per heavy atom. The van der Waals surface area contributed by atoms with E-state index in [1.807, 2.05) is 0 Å². The molecule has 1 aromatic rings. The van der Waals surface area contributed by atoms with Crippen molar-refractivity contribution in [2.75, 3.05) is 26.2 Å². The molecule has 128 valence electrons. The Kier molecular flexibility index (Phi) is 6.51. The van der Waals surface area contributed by atoms with Crippen LogP contribution in [0.1, 0.15) is 43.5 Å². The van der Waals surface area contributed by atoms with Crippen LogP contribution in [-0.2, 0) is 0 Å². The molecule has 3 nitrogen and oxygen atoms in total. The average molecular weight is 324 g/mol. The van der Waals surface area contributed by atoms with Crippen LogP contribution in [0.5, 0.6) is 0 Å². The number of nitrogens with zero attached hydrogens (tertiary/aromatic N) is 1. The number of halogens is 2. The molecule has 5 heteroatoms. The molecule has 1 N–H and O–H groups in total. The van der Waals surface area contributed by atoms with Crippen molar-refractivity contribution in [2.45, 2.75) is 33.1 Å². The normalized spacial score (nSPS) is 16.7. The zero-order valence-corrected chi connectivity index (χ0v) is 13.9. The van der Waals surface area contributed by atoms with E-state index in [1.165, 1.54) is 6.42 Å². The molecule has 23 heavy (non-hydrogen) atoms. The van der Waals surface area contributed by atoms with Crippen molar-refractivity contribution in [3.63, 3.8) is 0 Å². The number of nitrogens with one attached hydrogen (secondary N) is 1. The smallest absolute Gasteiger partial charge is 0.251 e. The lowest BCUT2D eigenvalue weighted by molar-refractivity contribution is 0.0934. The van der Waals surface area contributed by atoms with Crippen LogP contribution in [-0.4, -0.2) is 37.0 Å². The van der Waals surface area contributed by atoms with Crippen LogP contribution in [0.15, 0.2) is 18.2 Å². The average Bonchev–Trinajstić information content (AvgIpc) is 2.50. The number of hydrogen-bond donors (Lipinski definition) is 1. The molecule has 2 rings (SSSR count). The summed E-state index contributed by atoms with van der Waals surface area (Å²) in [4.78, 5) is 14.5. The van der Waals surface area contributed by atoms with Crippen molar-refractivity contribution in [2.24, 2.45) is 11.8 Å². The van der Waals surface area contributed by atoms with Gasteiger partial charge in [0, 0.05) is 18.2 Å². The highest BCUT2D eigenvalue weighted by atomic mass is 19.1. The number of carbonyl (C=O) groups excluding carboxylic acids is 1. The Balaban J connectivity index is 1.73. The molecule has 0 atom stereocenters. The SMILES string of the molecule is CC(C)CCN1CCC(CNC(=O)c2cc(F)cc(F)c2)CC1. The third-order valence-electron chi connectivity index (χ3n) is 4.41. The molecule has 1 heterocycles. The molecule has 0 aromatic heterocycles.